The summed E-state index contributed by atoms with van der Waals surface area (Å²) in [6, 6.07) is 22.2. The van der Waals surface area contributed by atoms with Gasteiger partial charge in [0.25, 0.3) is 5.56 Å². The molecule has 0 N–H and O–H groups in total. The summed E-state index contributed by atoms with van der Waals surface area (Å²) in [5.41, 5.74) is 2.56. The molecule has 0 spiro atoms. The summed E-state index contributed by atoms with van der Waals surface area (Å²) in [7, 11) is 0. The Morgan fingerprint density at radius 3 is 2.39 bits per heavy atom. The van der Waals surface area contributed by atoms with Crippen molar-refractivity contribution in [2.75, 3.05) is 0 Å². The molecule has 5 aromatic rings. The maximum Gasteiger partial charge on any atom is 0.273 e. The molecule has 0 saturated heterocycles. The van der Waals surface area contributed by atoms with Crippen molar-refractivity contribution in [3.8, 4) is 34.8 Å². The maximum absolute atomic E-state index is 13.5. The van der Waals surface area contributed by atoms with E-state index >= 15 is 0 Å². The van der Waals surface area contributed by atoms with Gasteiger partial charge in [-0.3, -0.25) is 14.3 Å². The van der Waals surface area contributed by atoms with Gasteiger partial charge >= 0.3 is 0 Å². The van der Waals surface area contributed by atoms with Crippen LogP contribution in [-0.4, -0.2) is 19.3 Å². The van der Waals surface area contributed by atoms with E-state index in [1.165, 1.54) is 28.8 Å². The molecule has 0 fully saturated rings. The highest BCUT2D eigenvalue weighted by atomic mass is 32.1. The first-order chi connectivity index (χ1) is 17.6. The lowest BCUT2D eigenvalue weighted by Gasteiger charge is -2.01. The summed E-state index contributed by atoms with van der Waals surface area (Å²) in [5.74, 6) is -0.463. The van der Waals surface area contributed by atoms with Crippen LogP contribution >= 0.6 is 11.3 Å². The zero-order chi connectivity index (χ0) is 25.1. The van der Waals surface area contributed by atoms with Gasteiger partial charge in [-0.25, -0.2) is 9.07 Å². The van der Waals surface area contributed by atoms with E-state index in [9.17, 15) is 19.7 Å². The minimum atomic E-state index is -0.463. The fourth-order valence-electron chi connectivity index (χ4n) is 3.67. The molecular weight excluding hydrogens is 475 g/mol. The highest BCUT2D eigenvalue weighted by Crippen LogP contribution is 2.23. The van der Waals surface area contributed by atoms with Crippen LogP contribution in [0.4, 0.5) is 4.39 Å². The van der Waals surface area contributed by atoms with Crippen molar-refractivity contribution in [3.63, 3.8) is 0 Å². The van der Waals surface area contributed by atoms with E-state index in [4.69, 9.17) is 5.10 Å². The van der Waals surface area contributed by atoms with Gasteiger partial charge in [-0.1, -0.05) is 18.2 Å². The standard InChI is InChI=1S/C27H15FN6OS/c28-21-8-10-23(11-9-21)34-26(35)24(36-27(34)20(14-29)15-30)13-19-17-33(22-6-2-1-3-7-22)32-25(19)18-5-4-12-31-16-18/h1-13,16-17H. The molecule has 0 amide bonds. The third-order valence-corrected chi connectivity index (χ3v) is 6.42. The molecule has 2 aromatic carbocycles. The van der Waals surface area contributed by atoms with E-state index < -0.39 is 11.4 Å². The molecule has 0 aliphatic carbocycles. The topological polar surface area (TPSA) is 100 Å². The van der Waals surface area contributed by atoms with Crippen LogP contribution in [0.25, 0.3) is 34.3 Å². The monoisotopic (exact) mass is 490 g/mol. The molecule has 0 aliphatic rings. The van der Waals surface area contributed by atoms with E-state index in [0.717, 1.165) is 22.6 Å². The molecule has 0 atom stereocenters. The van der Waals surface area contributed by atoms with Gasteiger partial charge in [0.2, 0.25) is 0 Å². The second-order valence-corrected chi connectivity index (χ2v) is 8.62. The van der Waals surface area contributed by atoms with Gasteiger partial charge in [-0.05, 0) is 54.6 Å². The average Bonchev–Trinajstić information content (AvgIpc) is 3.48. The molecule has 172 valence electrons. The molecular formula is C27H15FN6OS. The van der Waals surface area contributed by atoms with E-state index in [1.54, 1.807) is 35.4 Å². The largest absolute Gasteiger partial charge is 0.273 e. The molecule has 0 bridgehead atoms. The first kappa shape index (κ1) is 22.7. The molecule has 9 heteroatoms. The third kappa shape index (κ3) is 4.23. The number of hydrogen-bond acceptors (Lipinski definition) is 6. The van der Waals surface area contributed by atoms with Crippen molar-refractivity contribution in [1.29, 1.82) is 10.5 Å². The van der Waals surface area contributed by atoms with Gasteiger partial charge in [0, 0.05) is 29.7 Å². The quantitative estimate of drug-likeness (QED) is 0.385. The third-order valence-electron chi connectivity index (χ3n) is 5.33. The van der Waals surface area contributed by atoms with Crippen LogP contribution in [0.3, 0.4) is 0 Å². The summed E-state index contributed by atoms with van der Waals surface area (Å²) in [6.07, 6.45) is 6.83. The number of aromatic nitrogens is 4. The number of rotatable bonds is 4. The van der Waals surface area contributed by atoms with E-state index in [0.29, 0.717) is 16.9 Å². The molecule has 0 unspecified atom stereocenters. The number of hydrogen-bond donors (Lipinski definition) is 0. The van der Waals surface area contributed by atoms with Crippen molar-refractivity contribution in [3.05, 3.63) is 116 Å². The lowest BCUT2D eigenvalue weighted by Crippen LogP contribution is -2.30. The molecule has 3 heterocycles. The summed E-state index contributed by atoms with van der Waals surface area (Å²) in [6.45, 7) is 0. The number of nitriles is 2. The number of para-hydroxylation sites is 1. The number of nitrogens with zero attached hydrogens (tertiary/aromatic N) is 6. The summed E-state index contributed by atoms with van der Waals surface area (Å²) in [4.78, 5) is 17.7. The highest BCUT2D eigenvalue weighted by Gasteiger charge is 2.15. The Balaban J connectivity index is 1.80. The minimum absolute atomic E-state index is 0.168. The van der Waals surface area contributed by atoms with E-state index in [2.05, 4.69) is 4.98 Å². The van der Waals surface area contributed by atoms with Crippen LogP contribution in [-0.2, 0) is 0 Å². The summed E-state index contributed by atoms with van der Waals surface area (Å²) >= 11 is 1.01. The zero-order valence-corrected chi connectivity index (χ0v) is 19.4. The fourth-order valence-corrected chi connectivity index (χ4v) is 4.72. The average molecular weight is 491 g/mol. The lowest BCUT2D eigenvalue weighted by atomic mass is 10.1. The van der Waals surface area contributed by atoms with Gasteiger partial charge in [-0.15, -0.1) is 11.3 Å². The SMILES string of the molecule is N#CC(C#N)=c1sc(=Cc2cn(-c3ccccc3)nc2-c2cccnc2)c(=O)n1-c1ccc(F)cc1. The first-order valence-electron chi connectivity index (χ1n) is 10.7. The van der Waals surface area contributed by atoms with Crippen LogP contribution in [0.2, 0.25) is 0 Å². The van der Waals surface area contributed by atoms with Crippen LogP contribution in [0.5, 0.6) is 0 Å². The van der Waals surface area contributed by atoms with Gasteiger partial charge in [0.1, 0.15) is 28.3 Å². The van der Waals surface area contributed by atoms with Crippen LogP contribution < -0.4 is 14.8 Å². The smallest absolute Gasteiger partial charge is 0.267 e. The van der Waals surface area contributed by atoms with Gasteiger partial charge < -0.3 is 0 Å². The zero-order valence-electron chi connectivity index (χ0n) is 18.5. The fraction of sp³-hybridized carbons (Fsp3) is 0. The Labute approximate surface area is 208 Å². The lowest BCUT2D eigenvalue weighted by molar-refractivity contribution is 0.627. The van der Waals surface area contributed by atoms with Crippen molar-refractivity contribution in [1.82, 2.24) is 19.3 Å². The Morgan fingerprint density at radius 1 is 0.972 bits per heavy atom. The first-order valence-corrected chi connectivity index (χ1v) is 11.5. The Bertz CT molecular complexity index is 1810. The molecule has 36 heavy (non-hydrogen) atoms. The van der Waals surface area contributed by atoms with Gasteiger partial charge in [-0.2, -0.15) is 15.6 Å². The van der Waals surface area contributed by atoms with Crippen molar-refractivity contribution in [2.45, 2.75) is 0 Å². The minimum Gasteiger partial charge on any atom is -0.267 e. The number of pyridine rings is 1. The van der Waals surface area contributed by atoms with Crippen molar-refractivity contribution < 1.29 is 4.39 Å². The van der Waals surface area contributed by atoms with Gasteiger partial charge in [0.15, 0.2) is 5.57 Å². The molecule has 3 aromatic heterocycles. The number of halogens is 1. The normalized spacial score (nSPS) is 11.1. The Morgan fingerprint density at radius 2 is 1.72 bits per heavy atom. The predicted molar refractivity (Wildman–Crippen MR) is 134 cm³/mol. The molecule has 0 radical (unpaired) electrons. The van der Waals surface area contributed by atoms with Crippen LogP contribution in [0.15, 0.2) is 90.1 Å². The van der Waals surface area contributed by atoms with Crippen LogP contribution in [0.1, 0.15) is 5.56 Å². The predicted octanol–water partition coefficient (Wildman–Crippen LogP) is 3.31. The van der Waals surface area contributed by atoms with E-state index in [1.807, 2.05) is 48.5 Å². The molecule has 0 saturated carbocycles. The van der Waals surface area contributed by atoms with E-state index in [-0.39, 0.29) is 14.8 Å². The maximum atomic E-state index is 13.5. The number of benzene rings is 2. The number of thiazole rings is 1. The highest BCUT2D eigenvalue weighted by molar-refractivity contribution is 7.07. The van der Waals surface area contributed by atoms with Crippen molar-refractivity contribution in [2.24, 2.45) is 0 Å². The molecule has 0 aliphatic heterocycles. The summed E-state index contributed by atoms with van der Waals surface area (Å²) in [5, 5.41) is 23.7. The second kappa shape index (κ2) is 9.63. The molecule has 5 rings (SSSR count). The molecule has 7 nitrogen and oxygen atoms in total. The van der Waals surface area contributed by atoms with Gasteiger partial charge in [0.05, 0.1) is 15.9 Å². The van der Waals surface area contributed by atoms with Crippen LogP contribution in [0, 0.1) is 28.5 Å². The Kier molecular flexibility index (Phi) is 6.06. The Hall–Kier alpha value is -5.12. The summed E-state index contributed by atoms with van der Waals surface area (Å²) < 4.78 is 16.9. The second-order valence-electron chi connectivity index (χ2n) is 7.59. The van der Waals surface area contributed by atoms with Crippen molar-refractivity contribution >= 4 is 23.0 Å².